The van der Waals surface area contributed by atoms with Crippen LogP contribution in [-0.2, 0) is 0 Å². The molecule has 0 radical (unpaired) electrons. The van der Waals surface area contributed by atoms with Gasteiger partial charge in [0.05, 0.1) is 23.7 Å². The third-order valence-corrected chi connectivity index (χ3v) is 3.44. The molecule has 0 heterocycles. The SMILES string of the molecule is CCC(CBr)NC(=O)c1ccc([N+](=O)[O-])cc1OC. The molecule has 1 unspecified atom stereocenters. The summed E-state index contributed by atoms with van der Waals surface area (Å²) in [6.45, 7) is 1.96. The van der Waals surface area contributed by atoms with Crippen LogP contribution in [0.2, 0.25) is 0 Å². The van der Waals surface area contributed by atoms with Crippen LogP contribution in [0.5, 0.6) is 5.75 Å². The molecule has 7 heteroatoms. The van der Waals surface area contributed by atoms with Crippen LogP contribution in [-0.4, -0.2) is 29.3 Å². The molecule has 1 aromatic rings. The molecule has 0 saturated heterocycles. The van der Waals surface area contributed by atoms with Crippen molar-refractivity contribution in [2.45, 2.75) is 19.4 Å². The van der Waals surface area contributed by atoms with Crippen LogP contribution >= 0.6 is 15.9 Å². The van der Waals surface area contributed by atoms with Gasteiger partial charge >= 0.3 is 0 Å². The monoisotopic (exact) mass is 330 g/mol. The van der Waals surface area contributed by atoms with Gasteiger partial charge in [0.2, 0.25) is 0 Å². The largest absolute Gasteiger partial charge is 0.496 e. The smallest absolute Gasteiger partial charge is 0.273 e. The van der Waals surface area contributed by atoms with Crippen LogP contribution in [0, 0.1) is 10.1 Å². The number of halogens is 1. The molecule has 1 aromatic carbocycles. The maximum atomic E-state index is 12.1. The fraction of sp³-hybridized carbons (Fsp3) is 0.417. The molecular formula is C12H15BrN2O4. The standard InChI is InChI=1S/C12H15BrN2O4/c1-3-8(7-13)14-12(16)10-5-4-9(15(17)18)6-11(10)19-2/h4-6,8H,3,7H2,1-2H3,(H,14,16). The molecule has 0 aliphatic heterocycles. The minimum absolute atomic E-state index is 0.00685. The first-order valence-corrected chi connectivity index (χ1v) is 6.84. The van der Waals surface area contributed by atoms with Crippen molar-refractivity contribution in [2.75, 3.05) is 12.4 Å². The van der Waals surface area contributed by atoms with Gasteiger partial charge in [0.15, 0.2) is 0 Å². The van der Waals surface area contributed by atoms with E-state index in [1.807, 2.05) is 6.92 Å². The molecule has 0 aliphatic rings. The number of methoxy groups -OCH3 is 1. The average Bonchev–Trinajstić information content (AvgIpc) is 2.43. The number of carbonyl (C=O) groups is 1. The highest BCUT2D eigenvalue weighted by Crippen LogP contribution is 2.24. The Bertz CT molecular complexity index is 475. The zero-order valence-electron chi connectivity index (χ0n) is 10.7. The Morgan fingerprint density at radius 3 is 2.74 bits per heavy atom. The summed E-state index contributed by atoms with van der Waals surface area (Å²) in [6, 6.07) is 3.93. The van der Waals surface area contributed by atoms with Gasteiger partial charge in [-0.15, -0.1) is 0 Å². The summed E-state index contributed by atoms with van der Waals surface area (Å²) in [5.74, 6) is -0.117. The van der Waals surface area contributed by atoms with Crippen molar-refractivity contribution in [2.24, 2.45) is 0 Å². The summed E-state index contributed by atoms with van der Waals surface area (Å²) in [5, 5.41) is 14.1. The van der Waals surface area contributed by atoms with Crippen molar-refractivity contribution >= 4 is 27.5 Å². The number of hydrogen-bond donors (Lipinski definition) is 1. The number of nitro groups is 1. The van der Waals surface area contributed by atoms with Gasteiger partial charge < -0.3 is 10.1 Å². The molecule has 1 amide bonds. The van der Waals surface area contributed by atoms with E-state index in [-0.39, 0.29) is 28.9 Å². The number of nitrogens with zero attached hydrogens (tertiary/aromatic N) is 1. The Morgan fingerprint density at radius 2 is 2.26 bits per heavy atom. The maximum absolute atomic E-state index is 12.1. The Hall–Kier alpha value is -1.63. The van der Waals surface area contributed by atoms with Crippen molar-refractivity contribution < 1.29 is 14.5 Å². The molecule has 19 heavy (non-hydrogen) atoms. The molecule has 0 saturated carbocycles. The highest BCUT2D eigenvalue weighted by atomic mass is 79.9. The molecule has 1 N–H and O–H groups in total. The molecule has 6 nitrogen and oxygen atoms in total. The van der Waals surface area contributed by atoms with Crippen LogP contribution < -0.4 is 10.1 Å². The molecular weight excluding hydrogens is 316 g/mol. The lowest BCUT2D eigenvalue weighted by atomic mass is 10.1. The number of hydrogen-bond acceptors (Lipinski definition) is 4. The fourth-order valence-corrected chi connectivity index (χ4v) is 2.11. The van der Waals surface area contributed by atoms with E-state index in [9.17, 15) is 14.9 Å². The van der Waals surface area contributed by atoms with E-state index in [4.69, 9.17) is 4.74 Å². The number of non-ortho nitro benzene ring substituents is 1. The minimum atomic E-state index is -0.530. The summed E-state index contributed by atoms with van der Waals surface area (Å²) < 4.78 is 5.03. The van der Waals surface area contributed by atoms with Crippen molar-refractivity contribution in [3.05, 3.63) is 33.9 Å². The number of rotatable bonds is 6. The second-order valence-electron chi connectivity index (χ2n) is 3.87. The number of nitro benzene ring substituents is 1. The quantitative estimate of drug-likeness (QED) is 0.493. The van der Waals surface area contributed by atoms with Crippen LogP contribution in [0.1, 0.15) is 23.7 Å². The Balaban J connectivity index is 2.99. The van der Waals surface area contributed by atoms with Gasteiger partial charge in [-0.3, -0.25) is 14.9 Å². The molecule has 0 aliphatic carbocycles. The number of alkyl halides is 1. The lowest BCUT2D eigenvalue weighted by Gasteiger charge is -2.15. The molecule has 1 rings (SSSR count). The number of amides is 1. The van der Waals surface area contributed by atoms with E-state index in [1.54, 1.807) is 0 Å². The lowest BCUT2D eigenvalue weighted by Crippen LogP contribution is -2.35. The zero-order chi connectivity index (χ0) is 14.4. The Morgan fingerprint density at radius 1 is 1.58 bits per heavy atom. The number of nitrogens with one attached hydrogen (secondary N) is 1. The van der Waals surface area contributed by atoms with Gasteiger partial charge in [-0.1, -0.05) is 22.9 Å². The normalized spacial score (nSPS) is 11.7. The number of ether oxygens (including phenoxy) is 1. The van der Waals surface area contributed by atoms with Crippen LogP contribution in [0.15, 0.2) is 18.2 Å². The molecule has 0 aromatic heterocycles. The van der Waals surface area contributed by atoms with Crippen molar-refractivity contribution in [1.82, 2.24) is 5.32 Å². The first-order chi connectivity index (χ1) is 9.03. The zero-order valence-corrected chi connectivity index (χ0v) is 12.3. The van der Waals surface area contributed by atoms with Gasteiger partial charge in [-0.05, 0) is 12.5 Å². The second kappa shape index (κ2) is 7.08. The number of carbonyl (C=O) groups excluding carboxylic acids is 1. The van der Waals surface area contributed by atoms with Crippen molar-refractivity contribution in [3.63, 3.8) is 0 Å². The third-order valence-electron chi connectivity index (χ3n) is 2.65. The predicted molar refractivity (Wildman–Crippen MR) is 75.0 cm³/mol. The van der Waals surface area contributed by atoms with Crippen LogP contribution in [0.4, 0.5) is 5.69 Å². The highest BCUT2D eigenvalue weighted by molar-refractivity contribution is 9.09. The lowest BCUT2D eigenvalue weighted by molar-refractivity contribution is -0.384. The third kappa shape index (κ3) is 3.92. The number of benzene rings is 1. The van der Waals surface area contributed by atoms with E-state index in [0.29, 0.717) is 5.33 Å². The van der Waals surface area contributed by atoms with E-state index < -0.39 is 4.92 Å². The van der Waals surface area contributed by atoms with Crippen LogP contribution in [0.3, 0.4) is 0 Å². The fourth-order valence-electron chi connectivity index (χ4n) is 1.49. The summed E-state index contributed by atoms with van der Waals surface area (Å²) in [4.78, 5) is 22.2. The van der Waals surface area contributed by atoms with Gasteiger partial charge in [0, 0.05) is 17.4 Å². The van der Waals surface area contributed by atoms with Gasteiger partial charge in [0.1, 0.15) is 5.75 Å². The van der Waals surface area contributed by atoms with Crippen molar-refractivity contribution in [3.8, 4) is 5.75 Å². The molecule has 0 bridgehead atoms. The van der Waals surface area contributed by atoms with E-state index in [0.717, 1.165) is 6.42 Å². The topological polar surface area (TPSA) is 81.5 Å². The van der Waals surface area contributed by atoms with E-state index >= 15 is 0 Å². The summed E-state index contributed by atoms with van der Waals surface area (Å²) in [7, 11) is 1.37. The van der Waals surface area contributed by atoms with Gasteiger partial charge in [-0.2, -0.15) is 0 Å². The second-order valence-corrected chi connectivity index (χ2v) is 4.52. The average molecular weight is 331 g/mol. The molecule has 104 valence electrons. The minimum Gasteiger partial charge on any atom is -0.496 e. The van der Waals surface area contributed by atoms with Crippen LogP contribution in [0.25, 0.3) is 0 Å². The first-order valence-electron chi connectivity index (χ1n) is 5.72. The first kappa shape index (κ1) is 15.4. The van der Waals surface area contributed by atoms with Gasteiger partial charge in [-0.25, -0.2) is 0 Å². The molecule has 0 spiro atoms. The summed E-state index contributed by atoms with van der Waals surface area (Å²) >= 11 is 3.31. The molecule has 1 atom stereocenters. The highest BCUT2D eigenvalue weighted by Gasteiger charge is 2.18. The molecule has 0 fully saturated rings. The van der Waals surface area contributed by atoms with Crippen molar-refractivity contribution in [1.29, 1.82) is 0 Å². The van der Waals surface area contributed by atoms with E-state index in [1.165, 1.54) is 25.3 Å². The summed E-state index contributed by atoms with van der Waals surface area (Å²) in [5.41, 5.74) is 0.174. The Labute approximate surface area is 119 Å². The maximum Gasteiger partial charge on any atom is 0.273 e. The Kier molecular flexibility index (Phi) is 5.75. The predicted octanol–water partition coefficient (Wildman–Crippen LogP) is 2.51. The van der Waals surface area contributed by atoms with E-state index in [2.05, 4.69) is 21.2 Å². The summed E-state index contributed by atoms with van der Waals surface area (Å²) in [6.07, 6.45) is 0.784. The van der Waals surface area contributed by atoms with Gasteiger partial charge in [0.25, 0.3) is 11.6 Å².